The molecule has 2 rings (SSSR count). The van der Waals surface area contributed by atoms with Crippen molar-refractivity contribution in [3.8, 4) is 0 Å². The SMILES string of the molecule is CCNC(=NCC(O)c1ccc(C(C)(C)C)cc1)NCCCc1cnn(C)c1. The monoisotopic (exact) mass is 385 g/mol. The van der Waals surface area contributed by atoms with E-state index < -0.39 is 6.10 Å². The quantitative estimate of drug-likeness (QED) is 0.371. The van der Waals surface area contributed by atoms with Crippen molar-refractivity contribution in [3.05, 3.63) is 53.3 Å². The third kappa shape index (κ3) is 7.00. The minimum atomic E-state index is -0.611. The number of aliphatic hydroxyl groups is 1. The van der Waals surface area contributed by atoms with E-state index in [-0.39, 0.29) is 5.41 Å². The second-order valence-corrected chi connectivity index (χ2v) is 8.16. The number of aromatic nitrogens is 2. The van der Waals surface area contributed by atoms with Gasteiger partial charge >= 0.3 is 0 Å². The van der Waals surface area contributed by atoms with E-state index in [0.717, 1.165) is 37.5 Å². The summed E-state index contributed by atoms with van der Waals surface area (Å²) in [6.07, 6.45) is 5.30. The van der Waals surface area contributed by atoms with E-state index in [1.54, 1.807) is 0 Å². The van der Waals surface area contributed by atoms with Crippen LogP contribution >= 0.6 is 0 Å². The highest BCUT2D eigenvalue weighted by Crippen LogP contribution is 2.24. The zero-order valence-electron chi connectivity index (χ0n) is 17.9. The third-order valence-corrected chi connectivity index (χ3v) is 4.62. The molecule has 1 atom stereocenters. The molecule has 0 amide bonds. The van der Waals surface area contributed by atoms with Gasteiger partial charge in [-0.2, -0.15) is 5.10 Å². The van der Waals surface area contributed by atoms with Crippen LogP contribution in [0.1, 0.15) is 56.9 Å². The number of benzene rings is 1. The van der Waals surface area contributed by atoms with Gasteiger partial charge in [0.15, 0.2) is 5.96 Å². The van der Waals surface area contributed by atoms with Crippen LogP contribution in [-0.4, -0.2) is 40.5 Å². The van der Waals surface area contributed by atoms with Gasteiger partial charge in [0.1, 0.15) is 0 Å². The van der Waals surface area contributed by atoms with Gasteiger partial charge in [0.25, 0.3) is 0 Å². The van der Waals surface area contributed by atoms with Crippen LogP contribution in [0, 0.1) is 0 Å². The fraction of sp³-hybridized carbons (Fsp3) is 0.545. The van der Waals surface area contributed by atoms with Crippen molar-refractivity contribution in [3.63, 3.8) is 0 Å². The zero-order valence-corrected chi connectivity index (χ0v) is 17.9. The lowest BCUT2D eigenvalue weighted by Gasteiger charge is -2.20. The van der Waals surface area contributed by atoms with E-state index in [1.165, 1.54) is 11.1 Å². The summed E-state index contributed by atoms with van der Waals surface area (Å²) in [5.41, 5.74) is 3.50. The summed E-state index contributed by atoms with van der Waals surface area (Å²) < 4.78 is 1.82. The molecule has 154 valence electrons. The highest BCUT2D eigenvalue weighted by Gasteiger charge is 2.14. The first-order valence-electron chi connectivity index (χ1n) is 10.1. The number of aryl methyl sites for hydroxylation is 2. The summed E-state index contributed by atoms with van der Waals surface area (Å²) in [4.78, 5) is 4.54. The number of hydrogen-bond donors (Lipinski definition) is 3. The fourth-order valence-corrected chi connectivity index (χ4v) is 2.93. The van der Waals surface area contributed by atoms with E-state index in [4.69, 9.17) is 0 Å². The van der Waals surface area contributed by atoms with Gasteiger partial charge in [0.2, 0.25) is 0 Å². The highest BCUT2D eigenvalue weighted by molar-refractivity contribution is 5.79. The Kier molecular flexibility index (Phi) is 8.05. The smallest absolute Gasteiger partial charge is 0.191 e. The number of aliphatic imine (C=N–C) groups is 1. The van der Waals surface area contributed by atoms with Gasteiger partial charge in [-0.15, -0.1) is 0 Å². The summed E-state index contributed by atoms with van der Waals surface area (Å²) in [6.45, 7) is 10.5. The van der Waals surface area contributed by atoms with Crippen LogP contribution in [-0.2, 0) is 18.9 Å². The van der Waals surface area contributed by atoms with Crippen molar-refractivity contribution in [2.45, 2.75) is 52.1 Å². The molecule has 3 N–H and O–H groups in total. The Bertz CT molecular complexity index is 743. The van der Waals surface area contributed by atoms with Gasteiger partial charge in [-0.25, -0.2) is 0 Å². The molecule has 0 aliphatic carbocycles. The van der Waals surface area contributed by atoms with Crippen LogP contribution < -0.4 is 10.6 Å². The van der Waals surface area contributed by atoms with Crippen molar-refractivity contribution in [1.29, 1.82) is 0 Å². The van der Waals surface area contributed by atoms with Crippen LogP contribution in [0.25, 0.3) is 0 Å². The normalized spacial score (nSPS) is 13.4. The predicted octanol–water partition coefficient (Wildman–Crippen LogP) is 2.94. The molecule has 6 nitrogen and oxygen atoms in total. The molecule has 0 spiro atoms. The number of nitrogens with zero attached hydrogens (tertiary/aromatic N) is 3. The Morgan fingerprint density at radius 1 is 1.21 bits per heavy atom. The van der Waals surface area contributed by atoms with Crippen LogP contribution in [0.15, 0.2) is 41.7 Å². The van der Waals surface area contributed by atoms with Gasteiger partial charge in [-0.1, -0.05) is 45.0 Å². The van der Waals surface area contributed by atoms with Crippen LogP contribution in [0.3, 0.4) is 0 Å². The number of rotatable bonds is 8. The molecular formula is C22H35N5O. The van der Waals surface area contributed by atoms with E-state index >= 15 is 0 Å². The molecule has 0 bridgehead atoms. The summed E-state index contributed by atoms with van der Waals surface area (Å²) in [7, 11) is 1.93. The van der Waals surface area contributed by atoms with E-state index in [1.807, 2.05) is 43.2 Å². The molecule has 1 aromatic carbocycles. The lowest BCUT2D eigenvalue weighted by Crippen LogP contribution is -2.38. The van der Waals surface area contributed by atoms with E-state index in [0.29, 0.717) is 6.54 Å². The van der Waals surface area contributed by atoms with Crippen molar-refractivity contribution in [2.75, 3.05) is 19.6 Å². The average molecular weight is 386 g/mol. The number of hydrogen-bond acceptors (Lipinski definition) is 3. The molecule has 28 heavy (non-hydrogen) atoms. The molecule has 2 aromatic rings. The topological polar surface area (TPSA) is 74.5 Å². The maximum absolute atomic E-state index is 10.5. The fourth-order valence-electron chi connectivity index (χ4n) is 2.93. The van der Waals surface area contributed by atoms with Crippen molar-refractivity contribution >= 4 is 5.96 Å². The average Bonchev–Trinajstić information content (AvgIpc) is 3.07. The molecule has 0 aliphatic rings. The molecule has 1 heterocycles. The van der Waals surface area contributed by atoms with Gasteiger partial charge < -0.3 is 15.7 Å². The Hall–Kier alpha value is -2.34. The molecule has 0 saturated heterocycles. The molecule has 0 radical (unpaired) electrons. The maximum Gasteiger partial charge on any atom is 0.191 e. The number of guanidine groups is 1. The second-order valence-electron chi connectivity index (χ2n) is 8.16. The maximum atomic E-state index is 10.5. The first-order chi connectivity index (χ1) is 13.3. The van der Waals surface area contributed by atoms with Gasteiger partial charge in [-0.05, 0) is 41.9 Å². The first kappa shape index (κ1) is 22.0. The van der Waals surface area contributed by atoms with E-state index in [2.05, 4.69) is 53.6 Å². The minimum absolute atomic E-state index is 0.111. The molecule has 0 saturated carbocycles. The Balaban J connectivity index is 1.84. The van der Waals surface area contributed by atoms with E-state index in [9.17, 15) is 5.11 Å². The largest absolute Gasteiger partial charge is 0.386 e. The molecule has 0 fully saturated rings. The van der Waals surface area contributed by atoms with Crippen molar-refractivity contribution in [2.24, 2.45) is 12.0 Å². The summed E-state index contributed by atoms with van der Waals surface area (Å²) in [5.74, 6) is 0.735. The van der Waals surface area contributed by atoms with Crippen LogP contribution in [0.2, 0.25) is 0 Å². The zero-order chi connectivity index (χ0) is 20.6. The third-order valence-electron chi connectivity index (χ3n) is 4.62. The van der Waals surface area contributed by atoms with Gasteiger partial charge in [0.05, 0.1) is 18.8 Å². The molecule has 1 unspecified atom stereocenters. The molecular weight excluding hydrogens is 350 g/mol. The number of nitrogens with one attached hydrogen (secondary N) is 2. The molecule has 6 heteroatoms. The highest BCUT2D eigenvalue weighted by atomic mass is 16.3. The minimum Gasteiger partial charge on any atom is -0.386 e. The lowest BCUT2D eigenvalue weighted by molar-refractivity contribution is 0.187. The number of aliphatic hydroxyl groups excluding tert-OH is 1. The second kappa shape index (κ2) is 10.3. The predicted molar refractivity (Wildman–Crippen MR) is 116 cm³/mol. The standard InChI is InChI=1S/C22H35N5O/c1-6-23-21(24-13-7-8-17-14-26-27(5)16-17)25-15-20(28)18-9-11-19(12-10-18)22(2,3)4/h9-12,14,16,20,28H,6-8,13,15H2,1-5H3,(H2,23,24,25). The Morgan fingerprint density at radius 3 is 2.50 bits per heavy atom. The van der Waals surface area contributed by atoms with Gasteiger partial charge in [0, 0.05) is 26.3 Å². The van der Waals surface area contributed by atoms with Crippen molar-refractivity contribution in [1.82, 2.24) is 20.4 Å². The van der Waals surface area contributed by atoms with Crippen LogP contribution in [0.4, 0.5) is 0 Å². The first-order valence-corrected chi connectivity index (χ1v) is 10.1. The van der Waals surface area contributed by atoms with Gasteiger partial charge in [-0.3, -0.25) is 9.67 Å². The summed E-state index contributed by atoms with van der Waals surface area (Å²) in [6, 6.07) is 8.17. The Labute approximate surface area is 169 Å². The molecule has 0 aliphatic heterocycles. The Morgan fingerprint density at radius 2 is 1.93 bits per heavy atom. The van der Waals surface area contributed by atoms with Crippen LogP contribution in [0.5, 0.6) is 0 Å². The lowest BCUT2D eigenvalue weighted by atomic mass is 9.86. The molecule has 1 aromatic heterocycles. The van der Waals surface area contributed by atoms with Crippen molar-refractivity contribution < 1.29 is 5.11 Å². The summed E-state index contributed by atoms with van der Waals surface area (Å²) >= 11 is 0. The summed E-state index contributed by atoms with van der Waals surface area (Å²) in [5, 5.41) is 21.2.